The molecule has 4 fully saturated rings. The van der Waals surface area contributed by atoms with Gasteiger partial charge in [0.15, 0.2) is 29.1 Å². The summed E-state index contributed by atoms with van der Waals surface area (Å²) in [6, 6.07) is 0. The maximum absolute atomic E-state index is 13.9. The number of ether oxygens (including phenoxy) is 2. The van der Waals surface area contributed by atoms with E-state index in [0.29, 0.717) is 0 Å². The summed E-state index contributed by atoms with van der Waals surface area (Å²) in [5.41, 5.74) is -1.27. The maximum Gasteiger partial charge on any atom is 0.502 e. The minimum absolute atomic E-state index is 0.00551. The van der Waals surface area contributed by atoms with Crippen molar-refractivity contribution in [1.82, 2.24) is 0 Å². The van der Waals surface area contributed by atoms with Crippen LogP contribution in [0.3, 0.4) is 0 Å². The second kappa shape index (κ2) is 4.87. The molecule has 3 bridgehead atoms. The third-order valence-corrected chi connectivity index (χ3v) is 4.19. The van der Waals surface area contributed by atoms with Crippen LogP contribution >= 0.6 is 0 Å². The third kappa shape index (κ3) is 1.91. The molecule has 1 spiro atoms. The van der Waals surface area contributed by atoms with E-state index in [0.717, 1.165) is 0 Å². The van der Waals surface area contributed by atoms with Gasteiger partial charge in [0.1, 0.15) is 24.9 Å². The number of fused-ring (bicyclic) bond motifs is 2. The van der Waals surface area contributed by atoms with Crippen molar-refractivity contribution in [1.29, 1.82) is 0 Å². The summed E-state index contributed by atoms with van der Waals surface area (Å²) in [5.74, 6) is -12.4. The summed E-state index contributed by atoms with van der Waals surface area (Å²) in [5, 5.41) is 10.1. The molecule has 124 valence electrons. The van der Waals surface area contributed by atoms with Crippen LogP contribution in [0.5, 0.6) is 0 Å². The van der Waals surface area contributed by atoms with E-state index in [1.54, 1.807) is 0 Å². The van der Waals surface area contributed by atoms with Gasteiger partial charge in [-0.1, -0.05) is 0 Å². The Labute approximate surface area is 126 Å². The summed E-state index contributed by atoms with van der Waals surface area (Å²) in [7, 11) is -1.93. The number of hydrogen-bond acceptors (Lipinski definition) is 5. The van der Waals surface area contributed by atoms with Gasteiger partial charge in [0.2, 0.25) is 5.79 Å². The zero-order valence-electron chi connectivity index (χ0n) is 11.2. The molecule has 0 aliphatic carbocycles. The smallest absolute Gasteiger partial charge is 0.399 e. The minimum Gasteiger partial charge on any atom is -0.399 e. The van der Waals surface area contributed by atoms with Crippen molar-refractivity contribution in [2.24, 2.45) is 0 Å². The lowest BCUT2D eigenvalue weighted by Gasteiger charge is -2.56. The molecular formula is C12H8BF5O5. The molecule has 0 aromatic heterocycles. The van der Waals surface area contributed by atoms with E-state index >= 15 is 0 Å². The lowest BCUT2D eigenvalue weighted by Crippen LogP contribution is -2.77. The molecule has 0 unspecified atom stereocenters. The Hall–Kier alpha value is -1.27. The van der Waals surface area contributed by atoms with Crippen LogP contribution in [0.4, 0.5) is 22.0 Å². The van der Waals surface area contributed by atoms with Crippen molar-refractivity contribution < 1.29 is 45.8 Å². The highest BCUT2D eigenvalue weighted by Crippen LogP contribution is 2.40. The molecular weight excluding hydrogens is 330 g/mol. The quantitative estimate of drug-likeness (QED) is 0.338. The molecule has 4 aliphatic rings. The van der Waals surface area contributed by atoms with Crippen molar-refractivity contribution in [3.05, 3.63) is 29.1 Å². The zero-order chi connectivity index (χ0) is 16.5. The lowest BCUT2D eigenvalue weighted by molar-refractivity contribution is -0.395. The van der Waals surface area contributed by atoms with Crippen LogP contribution in [0.1, 0.15) is 0 Å². The Bertz CT molecular complexity index is 651. The monoisotopic (exact) mass is 338 g/mol. The lowest BCUT2D eigenvalue weighted by atomic mass is 9.73. The number of benzene rings is 1. The van der Waals surface area contributed by atoms with Gasteiger partial charge < -0.3 is 23.9 Å². The molecule has 0 radical (unpaired) electrons. The average Bonchev–Trinajstić information content (AvgIpc) is 2.52. The second-order valence-electron chi connectivity index (χ2n) is 5.45. The molecule has 4 atom stereocenters. The molecule has 5 rings (SSSR count). The Morgan fingerprint density at radius 3 is 2.13 bits per heavy atom. The molecule has 4 saturated heterocycles. The summed E-state index contributed by atoms with van der Waals surface area (Å²) >= 11 is 0. The highest BCUT2D eigenvalue weighted by atomic mass is 19.2. The number of hydrogen-bond donors (Lipinski definition) is 1. The van der Waals surface area contributed by atoms with E-state index in [1.165, 1.54) is 0 Å². The van der Waals surface area contributed by atoms with Crippen LogP contribution in [-0.4, -0.2) is 49.5 Å². The fraction of sp³-hybridized carbons (Fsp3) is 0.500. The first-order chi connectivity index (χ1) is 10.9. The van der Waals surface area contributed by atoms with E-state index in [9.17, 15) is 27.1 Å². The molecule has 23 heavy (non-hydrogen) atoms. The Morgan fingerprint density at radius 2 is 1.61 bits per heavy atom. The maximum atomic E-state index is 13.9. The fourth-order valence-corrected chi connectivity index (χ4v) is 2.96. The first-order valence-corrected chi connectivity index (χ1v) is 6.64. The number of halogens is 5. The summed E-state index contributed by atoms with van der Waals surface area (Å²) < 4.78 is 88.5. The molecule has 5 nitrogen and oxygen atoms in total. The van der Waals surface area contributed by atoms with E-state index < -0.39 is 65.8 Å². The second-order valence-corrected chi connectivity index (χ2v) is 5.45. The van der Waals surface area contributed by atoms with Crippen LogP contribution < -0.4 is 5.46 Å². The summed E-state index contributed by atoms with van der Waals surface area (Å²) in [4.78, 5) is 0. The van der Waals surface area contributed by atoms with Gasteiger partial charge in [0, 0.05) is 0 Å². The van der Waals surface area contributed by atoms with E-state index in [4.69, 9.17) is 18.8 Å². The Balaban J connectivity index is 1.79. The molecule has 1 aromatic carbocycles. The molecule has 1 N–H and O–H groups in total. The van der Waals surface area contributed by atoms with Crippen LogP contribution in [0, 0.1) is 29.1 Å². The van der Waals surface area contributed by atoms with Crippen LogP contribution in [0.2, 0.25) is 0 Å². The predicted molar refractivity (Wildman–Crippen MR) is 62.0 cm³/mol. The first kappa shape index (κ1) is 15.3. The SMILES string of the molecule is O[C@H]1[C@@H]2OB(c3c(F)c(F)c(F)c(F)c3F)O[C@]13CO[C@@H]2CO3. The van der Waals surface area contributed by atoms with Gasteiger partial charge in [0.25, 0.3) is 0 Å². The average molecular weight is 338 g/mol. The highest BCUT2D eigenvalue weighted by molar-refractivity contribution is 6.61. The molecule has 1 aromatic rings. The van der Waals surface area contributed by atoms with Crippen molar-refractivity contribution >= 4 is 12.6 Å². The topological polar surface area (TPSA) is 57.2 Å². The van der Waals surface area contributed by atoms with Gasteiger partial charge in [-0.2, -0.15) is 0 Å². The molecule has 4 aliphatic heterocycles. The van der Waals surface area contributed by atoms with Gasteiger partial charge in [-0.15, -0.1) is 0 Å². The van der Waals surface area contributed by atoms with Crippen molar-refractivity contribution in [3.8, 4) is 0 Å². The largest absolute Gasteiger partial charge is 0.502 e. The normalized spacial score (nSPS) is 35.7. The number of aliphatic hydroxyl groups is 1. The van der Waals surface area contributed by atoms with E-state index in [-0.39, 0.29) is 13.2 Å². The first-order valence-electron chi connectivity index (χ1n) is 6.64. The zero-order valence-corrected chi connectivity index (χ0v) is 11.2. The Kier molecular flexibility index (Phi) is 3.23. The standard InChI is InChI=1S/C12H8BF5O5/c14-5-4(6(15)8(17)9(18)7(5)16)13-22-10-3-1-21-12(23-13,2-20-3)11(10)19/h3,10-11,19H,1-2H2/t3-,10-,11+,12-/m1/s1. The van der Waals surface area contributed by atoms with Gasteiger partial charge in [0.05, 0.1) is 12.1 Å². The molecule has 11 heteroatoms. The molecule has 0 saturated carbocycles. The van der Waals surface area contributed by atoms with E-state index in [2.05, 4.69) is 0 Å². The van der Waals surface area contributed by atoms with Crippen LogP contribution in [0.15, 0.2) is 0 Å². The predicted octanol–water partition coefficient (Wildman–Crippen LogP) is -0.0211. The van der Waals surface area contributed by atoms with Crippen molar-refractivity contribution in [2.75, 3.05) is 13.2 Å². The van der Waals surface area contributed by atoms with Crippen LogP contribution in [0.25, 0.3) is 0 Å². The summed E-state index contributed by atoms with van der Waals surface area (Å²) in [6.07, 6.45) is -3.13. The molecule has 0 amide bonds. The van der Waals surface area contributed by atoms with Crippen molar-refractivity contribution in [3.63, 3.8) is 0 Å². The Morgan fingerprint density at radius 1 is 1.00 bits per heavy atom. The van der Waals surface area contributed by atoms with Gasteiger partial charge in [-0.05, 0) is 0 Å². The number of rotatable bonds is 1. The van der Waals surface area contributed by atoms with Crippen molar-refractivity contribution in [2.45, 2.75) is 24.1 Å². The number of aliphatic hydroxyl groups excluding tert-OH is 1. The molecule has 4 heterocycles. The minimum atomic E-state index is -2.28. The third-order valence-electron chi connectivity index (χ3n) is 4.19. The van der Waals surface area contributed by atoms with Gasteiger partial charge in [-0.25, -0.2) is 22.0 Å². The van der Waals surface area contributed by atoms with Gasteiger partial charge >= 0.3 is 7.12 Å². The highest BCUT2D eigenvalue weighted by Gasteiger charge is 2.63. The van der Waals surface area contributed by atoms with Gasteiger partial charge in [-0.3, -0.25) is 0 Å². The summed E-state index contributed by atoms with van der Waals surface area (Å²) in [6.45, 7) is -0.254. The van der Waals surface area contributed by atoms with E-state index in [1.807, 2.05) is 0 Å². The van der Waals surface area contributed by atoms with Crippen LogP contribution in [-0.2, 0) is 18.8 Å². The fourth-order valence-electron chi connectivity index (χ4n) is 2.96.